The van der Waals surface area contributed by atoms with Crippen LogP contribution in [0, 0.1) is 6.92 Å². The van der Waals surface area contributed by atoms with Crippen molar-refractivity contribution in [1.82, 2.24) is 4.90 Å². The van der Waals surface area contributed by atoms with Crippen molar-refractivity contribution < 1.29 is 8.42 Å². The van der Waals surface area contributed by atoms with E-state index in [2.05, 4.69) is 4.90 Å². The first-order valence-corrected chi connectivity index (χ1v) is 7.87. The number of rotatable bonds is 6. The fraction of sp³-hybridized carbons (Fsp3) is 0.538. The Kier molecular flexibility index (Phi) is 5.16. The summed E-state index contributed by atoms with van der Waals surface area (Å²) in [6, 6.07) is 4.93. The van der Waals surface area contributed by atoms with Crippen LogP contribution in [0.4, 0.5) is 5.69 Å². The molecule has 1 aromatic carbocycles. The molecule has 0 spiro atoms. The SMILES string of the molecule is CCN(CC)CCS(=O)(=O)c1ccc(N)cc1C. The monoisotopic (exact) mass is 270 g/mol. The summed E-state index contributed by atoms with van der Waals surface area (Å²) < 4.78 is 24.5. The van der Waals surface area contributed by atoms with Crippen LogP contribution in [-0.2, 0) is 9.84 Å². The molecule has 0 saturated heterocycles. The minimum absolute atomic E-state index is 0.152. The lowest BCUT2D eigenvalue weighted by molar-refractivity contribution is 0.321. The Bertz CT molecular complexity index is 494. The number of anilines is 1. The molecule has 18 heavy (non-hydrogen) atoms. The number of hydrogen-bond donors (Lipinski definition) is 1. The van der Waals surface area contributed by atoms with Crippen molar-refractivity contribution >= 4 is 15.5 Å². The fourth-order valence-corrected chi connectivity index (χ4v) is 3.46. The van der Waals surface area contributed by atoms with E-state index in [1.165, 1.54) is 0 Å². The van der Waals surface area contributed by atoms with Crippen molar-refractivity contribution in [3.63, 3.8) is 0 Å². The Labute approximate surface area is 110 Å². The zero-order chi connectivity index (χ0) is 13.8. The summed E-state index contributed by atoms with van der Waals surface area (Å²) in [5, 5.41) is 0. The van der Waals surface area contributed by atoms with Gasteiger partial charge in [-0.15, -0.1) is 0 Å². The summed E-state index contributed by atoms with van der Waals surface area (Å²) in [5.41, 5.74) is 6.94. The second-order valence-corrected chi connectivity index (χ2v) is 6.45. The molecular weight excluding hydrogens is 248 g/mol. The largest absolute Gasteiger partial charge is 0.399 e. The average molecular weight is 270 g/mol. The highest BCUT2D eigenvalue weighted by Crippen LogP contribution is 2.19. The first-order valence-electron chi connectivity index (χ1n) is 6.22. The summed E-state index contributed by atoms with van der Waals surface area (Å²) in [6.07, 6.45) is 0. The molecule has 2 N–H and O–H groups in total. The Morgan fingerprint density at radius 3 is 2.33 bits per heavy atom. The third kappa shape index (κ3) is 3.71. The molecule has 0 aliphatic carbocycles. The maximum atomic E-state index is 12.2. The van der Waals surface area contributed by atoms with Crippen molar-refractivity contribution in [3.8, 4) is 0 Å². The number of nitrogen functional groups attached to an aromatic ring is 1. The Hall–Kier alpha value is -1.07. The van der Waals surface area contributed by atoms with Crippen LogP contribution in [0.1, 0.15) is 19.4 Å². The molecule has 1 rings (SSSR count). The molecule has 0 bridgehead atoms. The average Bonchev–Trinajstić information content (AvgIpc) is 2.29. The molecule has 0 atom stereocenters. The van der Waals surface area contributed by atoms with E-state index in [0.29, 0.717) is 17.1 Å². The van der Waals surface area contributed by atoms with Crippen molar-refractivity contribution in [3.05, 3.63) is 23.8 Å². The normalized spacial score (nSPS) is 12.0. The molecule has 4 nitrogen and oxygen atoms in total. The lowest BCUT2D eigenvalue weighted by Crippen LogP contribution is -2.29. The quantitative estimate of drug-likeness (QED) is 0.799. The van der Waals surface area contributed by atoms with E-state index in [4.69, 9.17) is 5.73 Å². The molecule has 0 fully saturated rings. The highest BCUT2D eigenvalue weighted by atomic mass is 32.2. The van der Waals surface area contributed by atoms with Gasteiger partial charge in [-0.05, 0) is 43.8 Å². The Balaban J connectivity index is 2.86. The van der Waals surface area contributed by atoms with Crippen LogP contribution in [-0.4, -0.2) is 38.7 Å². The van der Waals surface area contributed by atoms with Crippen molar-refractivity contribution in [2.75, 3.05) is 31.1 Å². The minimum Gasteiger partial charge on any atom is -0.399 e. The summed E-state index contributed by atoms with van der Waals surface area (Å²) in [5.74, 6) is 0.152. The van der Waals surface area contributed by atoms with Gasteiger partial charge in [0.2, 0.25) is 0 Å². The minimum atomic E-state index is -3.22. The maximum absolute atomic E-state index is 12.2. The second kappa shape index (κ2) is 6.20. The molecule has 0 saturated carbocycles. The van der Waals surface area contributed by atoms with E-state index in [1.54, 1.807) is 25.1 Å². The highest BCUT2D eigenvalue weighted by Gasteiger charge is 2.17. The lowest BCUT2D eigenvalue weighted by atomic mass is 10.2. The number of sulfone groups is 1. The number of aryl methyl sites for hydroxylation is 1. The second-order valence-electron chi connectivity index (χ2n) is 4.37. The first-order chi connectivity index (χ1) is 8.40. The summed E-state index contributed by atoms with van der Waals surface area (Å²) in [7, 11) is -3.22. The number of benzene rings is 1. The molecule has 0 unspecified atom stereocenters. The molecule has 1 aromatic rings. The van der Waals surface area contributed by atoms with Crippen LogP contribution < -0.4 is 5.73 Å². The third-order valence-corrected chi connectivity index (χ3v) is 4.95. The Morgan fingerprint density at radius 1 is 1.22 bits per heavy atom. The van der Waals surface area contributed by atoms with Crippen molar-refractivity contribution in [2.24, 2.45) is 0 Å². The van der Waals surface area contributed by atoms with E-state index in [0.717, 1.165) is 18.7 Å². The van der Waals surface area contributed by atoms with Gasteiger partial charge >= 0.3 is 0 Å². The summed E-state index contributed by atoms with van der Waals surface area (Å²) in [4.78, 5) is 2.49. The van der Waals surface area contributed by atoms with Gasteiger partial charge in [0.25, 0.3) is 0 Å². The first kappa shape index (κ1) is 15.0. The zero-order valence-electron chi connectivity index (χ0n) is 11.3. The smallest absolute Gasteiger partial charge is 0.179 e. The van der Waals surface area contributed by atoms with Crippen molar-refractivity contribution in [1.29, 1.82) is 0 Å². The molecule has 0 aromatic heterocycles. The fourth-order valence-electron chi connectivity index (χ4n) is 1.92. The molecule has 0 aliphatic rings. The van der Waals surface area contributed by atoms with Crippen LogP contribution in [0.5, 0.6) is 0 Å². The van der Waals surface area contributed by atoms with Gasteiger partial charge in [0.05, 0.1) is 10.6 Å². The third-order valence-electron chi connectivity index (χ3n) is 3.10. The van der Waals surface area contributed by atoms with Gasteiger partial charge in [0.1, 0.15) is 0 Å². The van der Waals surface area contributed by atoms with E-state index in [9.17, 15) is 8.42 Å². The molecule has 102 valence electrons. The standard InChI is InChI=1S/C13H22N2O2S/c1-4-15(5-2)8-9-18(16,17)13-7-6-12(14)10-11(13)3/h6-7,10H,4-5,8-9,14H2,1-3H3. The zero-order valence-corrected chi connectivity index (χ0v) is 12.1. The number of hydrogen-bond acceptors (Lipinski definition) is 4. The molecule has 0 heterocycles. The van der Waals surface area contributed by atoms with Gasteiger partial charge in [-0.2, -0.15) is 0 Å². The molecular formula is C13H22N2O2S. The van der Waals surface area contributed by atoms with Gasteiger partial charge in [0.15, 0.2) is 9.84 Å². The predicted octanol–water partition coefficient (Wildman–Crippen LogP) is 1.69. The van der Waals surface area contributed by atoms with Crippen LogP contribution in [0.2, 0.25) is 0 Å². The van der Waals surface area contributed by atoms with Gasteiger partial charge in [0, 0.05) is 12.2 Å². The maximum Gasteiger partial charge on any atom is 0.179 e. The molecule has 0 radical (unpaired) electrons. The van der Waals surface area contributed by atoms with Crippen LogP contribution in [0.15, 0.2) is 23.1 Å². The Morgan fingerprint density at radius 2 is 1.83 bits per heavy atom. The lowest BCUT2D eigenvalue weighted by Gasteiger charge is -2.18. The van der Waals surface area contributed by atoms with Gasteiger partial charge in [-0.3, -0.25) is 0 Å². The van der Waals surface area contributed by atoms with Gasteiger partial charge in [-0.1, -0.05) is 13.8 Å². The van der Waals surface area contributed by atoms with Gasteiger partial charge < -0.3 is 10.6 Å². The number of nitrogens with two attached hydrogens (primary N) is 1. The highest BCUT2D eigenvalue weighted by molar-refractivity contribution is 7.91. The van der Waals surface area contributed by atoms with Crippen LogP contribution in [0.25, 0.3) is 0 Å². The van der Waals surface area contributed by atoms with E-state index < -0.39 is 9.84 Å². The van der Waals surface area contributed by atoms with E-state index >= 15 is 0 Å². The van der Waals surface area contributed by atoms with Crippen molar-refractivity contribution in [2.45, 2.75) is 25.7 Å². The summed E-state index contributed by atoms with van der Waals surface area (Å²) >= 11 is 0. The van der Waals surface area contributed by atoms with Crippen LogP contribution >= 0.6 is 0 Å². The number of nitrogens with zero attached hydrogens (tertiary/aromatic N) is 1. The van der Waals surface area contributed by atoms with E-state index in [1.807, 2.05) is 13.8 Å². The summed E-state index contributed by atoms with van der Waals surface area (Å²) in [6.45, 7) is 8.15. The molecule has 0 amide bonds. The predicted molar refractivity (Wildman–Crippen MR) is 75.4 cm³/mol. The van der Waals surface area contributed by atoms with Crippen LogP contribution in [0.3, 0.4) is 0 Å². The van der Waals surface area contributed by atoms with Gasteiger partial charge in [-0.25, -0.2) is 8.42 Å². The van der Waals surface area contributed by atoms with E-state index in [-0.39, 0.29) is 5.75 Å². The molecule has 5 heteroatoms. The topological polar surface area (TPSA) is 63.4 Å². The molecule has 0 aliphatic heterocycles.